The van der Waals surface area contributed by atoms with Crippen LogP contribution in [-0.4, -0.2) is 65.8 Å². The molecule has 0 aliphatic carbocycles. The second-order valence-electron chi connectivity index (χ2n) is 8.49. The number of hydrogen-bond donors (Lipinski definition) is 3. The molecule has 1 fully saturated rings. The van der Waals surface area contributed by atoms with Gasteiger partial charge in [0.05, 0.1) is 11.2 Å². The van der Waals surface area contributed by atoms with Gasteiger partial charge in [-0.15, -0.1) is 0 Å². The lowest BCUT2D eigenvalue weighted by Crippen LogP contribution is -2.57. The van der Waals surface area contributed by atoms with Crippen LogP contribution in [0.2, 0.25) is 0 Å². The van der Waals surface area contributed by atoms with Crippen LogP contribution in [0.5, 0.6) is 5.75 Å². The van der Waals surface area contributed by atoms with Crippen LogP contribution in [0.4, 0.5) is 5.69 Å². The summed E-state index contributed by atoms with van der Waals surface area (Å²) in [5.74, 6) is -1.09. The van der Waals surface area contributed by atoms with E-state index in [9.17, 15) is 23.1 Å². The Balaban J connectivity index is 1.39. The lowest BCUT2D eigenvalue weighted by molar-refractivity contribution is 0.0570. The van der Waals surface area contributed by atoms with Crippen LogP contribution >= 0.6 is 0 Å². The van der Waals surface area contributed by atoms with Crippen molar-refractivity contribution in [2.45, 2.75) is 10.9 Å². The van der Waals surface area contributed by atoms with Crippen molar-refractivity contribution in [2.24, 2.45) is 0 Å². The fourth-order valence-corrected chi connectivity index (χ4v) is 5.55. The Morgan fingerprint density at radius 3 is 2.57 bits per heavy atom. The van der Waals surface area contributed by atoms with E-state index in [1.807, 2.05) is 0 Å². The Morgan fingerprint density at radius 2 is 1.78 bits per heavy atom. The first kappa shape index (κ1) is 24.3. The number of para-hydroxylation sites is 1. The molecule has 2 aromatic carbocycles. The number of hydrogen-bond acceptors (Lipinski definition) is 8. The Hall–Kier alpha value is -4.35. The maximum atomic E-state index is 13.3. The van der Waals surface area contributed by atoms with E-state index < -0.39 is 27.7 Å². The number of rotatable bonds is 6. The van der Waals surface area contributed by atoms with E-state index in [4.69, 9.17) is 0 Å². The van der Waals surface area contributed by atoms with Crippen LogP contribution in [0.15, 0.2) is 84.1 Å². The molecule has 5 rings (SSSR count). The number of nitrogens with zero attached hydrogens (tertiary/aromatic N) is 3. The Kier molecular flexibility index (Phi) is 6.55. The van der Waals surface area contributed by atoms with Crippen LogP contribution in [-0.2, 0) is 10.0 Å². The Labute approximate surface area is 213 Å². The number of anilines is 1. The highest BCUT2D eigenvalue weighted by Crippen LogP contribution is 2.30. The molecule has 1 aliphatic heterocycles. The SMILES string of the molecule is O=C(c1ccncc1)C1CNCCN1C(=O)c1ccc(NS(=O)(=O)c2cccc3cccnc23)c(O)c1. The van der Waals surface area contributed by atoms with Gasteiger partial charge in [-0.25, -0.2) is 8.42 Å². The summed E-state index contributed by atoms with van der Waals surface area (Å²) in [5, 5.41) is 14.4. The van der Waals surface area contributed by atoms with Crippen molar-refractivity contribution in [3.63, 3.8) is 0 Å². The second kappa shape index (κ2) is 9.96. The summed E-state index contributed by atoms with van der Waals surface area (Å²) < 4.78 is 28.6. The number of pyridine rings is 2. The number of aromatic nitrogens is 2. The maximum Gasteiger partial charge on any atom is 0.264 e. The van der Waals surface area contributed by atoms with Gasteiger partial charge in [-0.2, -0.15) is 0 Å². The number of amides is 1. The number of carbonyl (C=O) groups excluding carboxylic acids is 2. The number of benzene rings is 2. The van der Waals surface area contributed by atoms with Crippen molar-refractivity contribution in [3.8, 4) is 5.75 Å². The van der Waals surface area contributed by atoms with E-state index in [2.05, 4.69) is 20.0 Å². The van der Waals surface area contributed by atoms with Gasteiger partial charge in [0.15, 0.2) is 5.78 Å². The molecular weight excluding hydrogens is 494 g/mol. The van der Waals surface area contributed by atoms with E-state index in [0.717, 1.165) is 0 Å². The number of nitrogens with one attached hydrogen (secondary N) is 2. The van der Waals surface area contributed by atoms with Crippen molar-refractivity contribution in [1.29, 1.82) is 0 Å². The molecule has 1 saturated heterocycles. The molecule has 188 valence electrons. The third-order valence-corrected chi connectivity index (χ3v) is 7.54. The summed E-state index contributed by atoms with van der Waals surface area (Å²) in [4.78, 5) is 35.9. The van der Waals surface area contributed by atoms with Gasteiger partial charge in [0.25, 0.3) is 15.9 Å². The van der Waals surface area contributed by atoms with E-state index in [-0.39, 0.29) is 28.5 Å². The number of phenols is 1. The molecule has 1 atom stereocenters. The monoisotopic (exact) mass is 517 g/mol. The van der Waals surface area contributed by atoms with Gasteiger partial charge in [-0.3, -0.25) is 24.3 Å². The van der Waals surface area contributed by atoms with Gasteiger partial charge in [-0.1, -0.05) is 18.2 Å². The zero-order valence-corrected chi connectivity index (χ0v) is 20.4. The van der Waals surface area contributed by atoms with Gasteiger partial charge < -0.3 is 15.3 Å². The first-order valence-corrected chi connectivity index (χ1v) is 13.0. The van der Waals surface area contributed by atoms with Gasteiger partial charge in [-0.05, 0) is 42.5 Å². The summed E-state index contributed by atoms with van der Waals surface area (Å²) >= 11 is 0. The smallest absolute Gasteiger partial charge is 0.264 e. The number of fused-ring (bicyclic) bond motifs is 1. The third kappa shape index (κ3) is 4.86. The molecule has 0 bridgehead atoms. The van der Waals surface area contributed by atoms with E-state index in [1.54, 1.807) is 36.4 Å². The maximum absolute atomic E-state index is 13.3. The Bertz CT molecular complexity index is 1590. The molecule has 0 saturated carbocycles. The van der Waals surface area contributed by atoms with E-state index in [0.29, 0.717) is 29.6 Å². The molecule has 11 heteroatoms. The van der Waals surface area contributed by atoms with Crippen molar-refractivity contribution in [1.82, 2.24) is 20.2 Å². The summed E-state index contributed by atoms with van der Waals surface area (Å²) in [6.45, 7) is 1.09. The quantitative estimate of drug-likeness (QED) is 0.262. The van der Waals surface area contributed by atoms with Crippen LogP contribution in [0.3, 0.4) is 0 Å². The molecule has 2 aromatic heterocycles. The van der Waals surface area contributed by atoms with Crippen LogP contribution in [0, 0.1) is 0 Å². The number of Topliss-reactive ketones (excluding diaryl/α,β-unsaturated/α-hetero) is 1. The van der Waals surface area contributed by atoms with Crippen molar-refractivity contribution in [3.05, 3.63) is 90.4 Å². The normalized spacial score (nSPS) is 15.9. The standard InChI is InChI=1S/C26H23N5O5S/c32-22-15-19(26(34)31-14-13-28-16-21(31)25(33)18-8-11-27-12-9-18)6-7-20(22)30-37(35,36)23-5-1-3-17-4-2-10-29-24(17)23/h1-12,15,21,28,30,32H,13-14,16H2. The first-order chi connectivity index (χ1) is 17.8. The molecule has 37 heavy (non-hydrogen) atoms. The van der Waals surface area contributed by atoms with Gasteiger partial charge in [0.1, 0.15) is 16.7 Å². The van der Waals surface area contributed by atoms with Gasteiger partial charge in [0, 0.05) is 54.7 Å². The molecule has 10 nitrogen and oxygen atoms in total. The summed E-state index contributed by atoms with van der Waals surface area (Å²) in [6, 6.07) is 14.6. The lowest BCUT2D eigenvalue weighted by atomic mass is 10.0. The highest BCUT2D eigenvalue weighted by Gasteiger charge is 2.33. The van der Waals surface area contributed by atoms with Crippen molar-refractivity contribution in [2.75, 3.05) is 24.4 Å². The summed E-state index contributed by atoms with van der Waals surface area (Å²) in [7, 11) is -4.09. The molecule has 1 unspecified atom stereocenters. The average molecular weight is 518 g/mol. The number of piperazine rings is 1. The fraction of sp³-hybridized carbons (Fsp3) is 0.154. The van der Waals surface area contributed by atoms with Gasteiger partial charge in [0.2, 0.25) is 0 Å². The molecule has 3 N–H and O–H groups in total. The minimum Gasteiger partial charge on any atom is -0.506 e. The topological polar surface area (TPSA) is 142 Å². The number of ketones is 1. The fourth-order valence-electron chi connectivity index (χ4n) is 4.30. The highest BCUT2D eigenvalue weighted by molar-refractivity contribution is 7.93. The lowest BCUT2D eigenvalue weighted by Gasteiger charge is -2.35. The van der Waals surface area contributed by atoms with Crippen LogP contribution in [0.1, 0.15) is 20.7 Å². The number of sulfonamides is 1. The molecule has 4 aromatic rings. The summed E-state index contributed by atoms with van der Waals surface area (Å²) in [6.07, 6.45) is 4.53. The number of carbonyl (C=O) groups is 2. The molecular formula is C26H23N5O5S. The van der Waals surface area contributed by atoms with Crippen LogP contribution in [0.25, 0.3) is 10.9 Å². The van der Waals surface area contributed by atoms with Crippen molar-refractivity contribution >= 4 is 38.3 Å². The minimum absolute atomic E-state index is 0.0385. The summed E-state index contributed by atoms with van der Waals surface area (Å²) in [5.41, 5.74) is 0.778. The first-order valence-electron chi connectivity index (χ1n) is 11.5. The molecule has 1 amide bonds. The molecule has 0 spiro atoms. The molecule has 3 heterocycles. The number of aromatic hydroxyl groups is 1. The minimum atomic E-state index is -4.09. The van der Waals surface area contributed by atoms with Crippen LogP contribution < -0.4 is 10.0 Å². The van der Waals surface area contributed by atoms with E-state index >= 15 is 0 Å². The predicted octanol–water partition coefficient (Wildman–Crippen LogP) is 2.43. The number of phenolic OH excluding ortho intramolecular Hbond substituents is 1. The zero-order chi connectivity index (χ0) is 26.0. The highest BCUT2D eigenvalue weighted by atomic mass is 32.2. The molecule has 0 radical (unpaired) electrons. The average Bonchev–Trinajstić information content (AvgIpc) is 2.93. The van der Waals surface area contributed by atoms with Crippen molar-refractivity contribution < 1.29 is 23.1 Å². The molecule has 1 aliphatic rings. The third-order valence-electron chi connectivity index (χ3n) is 6.15. The largest absolute Gasteiger partial charge is 0.506 e. The Morgan fingerprint density at radius 1 is 1.00 bits per heavy atom. The predicted molar refractivity (Wildman–Crippen MR) is 137 cm³/mol. The van der Waals surface area contributed by atoms with E-state index in [1.165, 1.54) is 47.8 Å². The van der Waals surface area contributed by atoms with Gasteiger partial charge >= 0.3 is 0 Å². The zero-order valence-electron chi connectivity index (χ0n) is 19.5. The second-order valence-corrected chi connectivity index (χ2v) is 10.1.